The molecule has 0 unspecified atom stereocenters. The molecular formula is C30H28Cl2F2N4O2. The zero-order chi connectivity index (χ0) is 28.6. The molecule has 0 aliphatic carbocycles. The van der Waals surface area contributed by atoms with Crippen LogP contribution in [0.15, 0.2) is 54.7 Å². The summed E-state index contributed by atoms with van der Waals surface area (Å²) in [5.74, 6) is -0.877. The number of pyridine rings is 2. The van der Waals surface area contributed by atoms with Gasteiger partial charge in [-0.3, -0.25) is 4.98 Å². The summed E-state index contributed by atoms with van der Waals surface area (Å²) in [6, 6.07) is 12.1. The van der Waals surface area contributed by atoms with Gasteiger partial charge in [-0.15, -0.1) is 0 Å². The largest absolute Gasteiger partial charge is 0.444 e. The number of ether oxygens (including phenoxy) is 1. The van der Waals surface area contributed by atoms with Gasteiger partial charge in [-0.25, -0.2) is 18.6 Å². The summed E-state index contributed by atoms with van der Waals surface area (Å²) >= 11 is 13.1. The summed E-state index contributed by atoms with van der Waals surface area (Å²) in [7, 11) is 0. The minimum absolute atomic E-state index is 0.00132. The summed E-state index contributed by atoms with van der Waals surface area (Å²) in [6.45, 7) is 6.55. The quantitative estimate of drug-likeness (QED) is 0.261. The first kappa shape index (κ1) is 28.1. The number of nitrogens with one attached hydrogen (secondary N) is 1. The zero-order valence-electron chi connectivity index (χ0n) is 22.3. The first-order valence-corrected chi connectivity index (χ1v) is 13.7. The third-order valence-electron chi connectivity index (χ3n) is 6.65. The molecule has 3 heterocycles. The van der Waals surface area contributed by atoms with Crippen LogP contribution in [0.1, 0.15) is 33.6 Å². The summed E-state index contributed by atoms with van der Waals surface area (Å²) in [6.07, 6.45) is 2.57. The number of nitrogens with zero attached hydrogens (tertiary/aromatic N) is 3. The van der Waals surface area contributed by atoms with Crippen molar-refractivity contribution in [2.45, 2.75) is 45.3 Å². The number of halogens is 4. The molecule has 0 bridgehead atoms. The number of hydrogen-bond acceptors (Lipinski definition) is 5. The number of anilines is 1. The monoisotopic (exact) mass is 584 g/mol. The molecule has 208 valence electrons. The van der Waals surface area contributed by atoms with E-state index in [1.165, 1.54) is 12.1 Å². The average molecular weight is 585 g/mol. The van der Waals surface area contributed by atoms with Crippen LogP contribution in [0.2, 0.25) is 10.0 Å². The Bertz CT molecular complexity index is 1560. The van der Waals surface area contributed by atoms with Crippen LogP contribution in [0.25, 0.3) is 33.3 Å². The van der Waals surface area contributed by atoms with Crippen molar-refractivity contribution in [1.82, 2.24) is 14.9 Å². The van der Waals surface area contributed by atoms with Crippen LogP contribution in [0.3, 0.4) is 0 Å². The molecular weight excluding hydrogens is 557 g/mol. The fourth-order valence-electron chi connectivity index (χ4n) is 4.81. The van der Waals surface area contributed by atoms with Gasteiger partial charge in [0.25, 0.3) is 0 Å². The highest BCUT2D eigenvalue weighted by molar-refractivity contribution is 6.39. The van der Waals surface area contributed by atoms with Crippen molar-refractivity contribution in [1.29, 1.82) is 0 Å². The van der Waals surface area contributed by atoms with Gasteiger partial charge in [-0.1, -0.05) is 29.3 Å². The number of likely N-dealkylation sites (tertiary alicyclic amines) is 1. The Labute approximate surface area is 241 Å². The van der Waals surface area contributed by atoms with E-state index < -0.39 is 17.2 Å². The Balaban J connectivity index is 1.54. The number of hydrogen-bond donors (Lipinski definition) is 1. The molecule has 1 fully saturated rings. The smallest absolute Gasteiger partial charge is 0.410 e. The molecule has 2 aromatic carbocycles. The van der Waals surface area contributed by atoms with E-state index in [1.54, 1.807) is 41.4 Å². The van der Waals surface area contributed by atoms with E-state index in [1.807, 2.05) is 20.8 Å². The molecule has 6 nitrogen and oxygen atoms in total. The van der Waals surface area contributed by atoms with Crippen molar-refractivity contribution in [2.75, 3.05) is 18.4 Å². The van der Waals surface area contributed by atoms with E-state index in [0.717, 1.165) is 6.07 Å². The number of fused-ring (bicyclic) bond motifs is 1. The molecule has 1 aliphatic heterocycles. The third-order valence-corrected chi connectivity index (χ3v) is 7.28. The highest BCUT2D eigenvalue weighted by Gasteiger charge is 2.27. The molecule has 2 aromatic heterocycles. The maximum absolute atomic E-state index is 15.1. The maximum Gasteiger partial charge on any atom is 0.410 e. The van der Waals surface area contributed by atoms with Crippen molar-refractivity contribution in [3.8, 4) is 22.4 Å². The van der Waals surface area contributed by atoms with Crippen molar-refractivity contribution >= 4 is 46.0 Å². The van der Waals surface area contributed by atoms with Gasteiger partial charge in [-0.2, -0.15) is 0 Å². The average Bonchev–Trinajstić information content (AvgIpc) is 2.88. The molecule has 5 rings (SSSR count). The first-order chi connectivity index (χ1) is 19.0. The molecule has 4 aromatic rings. The van der Waals surface area contributed by atoms with E-state index in [0.29, 0.717) is 69.5 Å². The van der Waals surface area contributed by atoms with Crippen LogP contribution in [-0.4, -0.2) is 45.7 Å². The van der Waals surface area contributed by atoms with Gasteiger partial charge in [0.2, 0.25) is 0 Å². The number of aromatic nitrogens is 2. The highest BCUT2D eigenvalue weighted by Crippen LogP contribution is 2.40. The second-order valence-electron chi connectivity index (χ2n) is 10.7. The van der Waals surface area contributed by atoms with E-state index in [4.69, 9.17) is 32.9 Å². The SMILES string of the molecule is CC(C)(C)OC(=O)N1CCC(Nc2cc(-c3ccc(F)cc3F)c3ccnc(-c4c(Cl)cccc4Cl)c3n2)CC1. The van der Waals surface area contributed by atoms with Gasteiger partial charge in [0.1, 0.15) is 23.1 Å². The summed E-state index contributed by atoms with van der Waals surface area (Å²) in [4.78, 5) is 23.6. The van der Waals surface area contributed by atoms with E-state index >= 15 is 4.39 Å². The van der Waals surface area contributed by atoms with Crippen molar-refractivity contribution < 1.29 is 18.3 Å². The van der Waals surface area contributed by atoms with Crippen molar-refractivity contribution in [3.63, 3.8) is 0 Å². The molecule has 0 spiro atoms. The summed E-state index contributed by atoms with van der Waals surface area (Å²) < 4.78 is 34.3. The standard InChI is InChI=1S/C30H28Cl2F2N4O2/c1-30(2,3)40-29(39)38-13-10-18(11-14-38)36-25-16-21(19-8-7-17(33)15-24(19)34)20-9-12-35-28(27(20)37-25)26-22(31)5-4-6-23(26)32/h4-9,12,15-16,18H,10-11,13-14H2,1-3H3,(H,36,37). The molecule has 0 atom stereocenters. The lowest BCUT2D eigenvalue weighted by atomic mass is 9.98. The van der Waals surface area contributed by atoms with Crippen LogP contribution >= 0.6 is 23.2 Å². The van der Waals surface area contributed by atoms with Crippen LogP contribution in [0.4, 0.5) is 19.4 Å². The second kappa shape index (κ2) is 11.2. The van der Waals surface area contributed by atoms with E-state index in [9.17, 15) is 9.18 Å². The Morgan fingerprint density at radius 1 is 1.02 bits per heavy atom. The minimum atomic E-state index is -0.696. The Morgan fingerprint density at radius 3 is 2.38 bits per heavy atom. The van der Waals surface area contributed by atoms with Gasteiger partial charge in [0.05, 0.1) is 21.3 Å². The first-order valence-electron chi connectivity index (χ1n) is 12.9. The minimum Gasteiger partial charge on any atom is -0.444 e. The molecule has 1 N–H and O–H groups in total. The molecule has 1 aliphatic rings. The van der Waals surface area contributed by atoms with Crippen LogP contribution in [0, 0.1) is 11.6 Å². The normalized spacial score (nSPS) is 14.4. The van der Waals surface area contributed by atoms with Gasteiger partial charge in [0.15, 0.2) is 0 Å². The van der Waals surface area contributed by atoms with Crippen LogP contribution < -0.4 is 5.32 Å². The molecule has 1 saturated heterocycles. The highest BCUT2D eigenvalue weighted by atomic mass is 35.5. The van der Waals surface area contributed by atoms with Crippen molar-refractivity contribution in [3.05, 3.63) is 76.4 Å². The molecule has 0 radical (unpaired) electrons. The number of benzene rings is 2. The number of piperidine rings is 1. The number of amides is 1. The number of carbonyl (C=O) groups excluding carboxylic acids is 1. The summed E-state index contributed by atoms with van der Waals surface area (Å²) in [5.41, 5.74) is 1.59. The molecule has 0 saturated carbocycles. The summed E-state index contributed by atoms with van der Waals surface area (Å²) in [5, 5.41) is 4.86. The van der Waals surface area contributed by atoms with Gasteiger partial charge in [0, 0.05) is 47.9 Å². The zero-order valence-corrected chi connectivity index (χ0v) is 23.8. The topological polar surface area (TPSA) is 67.3 Å². The third kappa shape index (κ3) is 5.98. The fourth-order valence-corrected chi connectivity index (χ4v) is 5.38. The Morgan fingerprint density at radius 2 is 1.73 bits per heavy atom. The number of rotatable bonds is 4. The van der Waals surface area contributed by atoms with E-state index in [2.05, 4.69) is 10.3 Å². The molecule has 10 heteroatoms. The Hall–Kier alpha value is -3.49. The molecule has 1 amide bonds. The number of carbonyl (C=O) groups is 1. The Kier molecular flexibility index (Phi) is 7.84. The predicted molar refractivity (Wildman–Crippen MR) is 155 cm³/mol. The predicted octanol–water partition coefficient (Wildman–Crippen LogP) is 8.36. The lowest BCUT2D eigenvalue weighted by Crippen LogP contribution is -2.44. The van der Waals surface area contributed by atoms with Crippen molar-refractivity contribution in [2.24, 2.45) is 0 Å². The van der Waals surface area contributed by atoms with Gasteiger partial charge < -0.3 is 15.0 Å². The molecule has 40 heavy (non-hydrogen) atoms. The lowest BCUT2D eigenvalue weighted by Gasteiger charge is -2.34. The van der Waals surface area contributed by atoms with Gasteiger partial charge in [-0.05, 0) is 75.6 Å². The van der Waals surface area contributed by atoms with E-state index in [-0.39, 0.29) is 17.7 Å². The maximum atomic E-state index is 15.1. The lowest BCUT2D eigenvalue weighted by molar-refractivity contribution is 0.0210. The second-order valence-corrected chi connectivity index (χ2v) is 11.5. The van der Waals surface area contributed by atoms with Crippen LogP contribution in [0.5, 0.6) is 0 Å². The van der Waals surface area contributed by atoms with Gasteiger partial charge >= 0.3 is 6.09 Å². The van der Waals surface area contributed by atoms with Crippen LogP contribution in [-0.2, 0) is 4.74 Å². The fraction of sp³-hybridized carbons (Fsp3) is 0.300.